The Hall–Kier alpha value is -1.35. The summed E-state index contributed by atoms with van der Waals surface area (Å²) in [7, 11) is -2.08. The molecule has 1 aromatic rings. The number of aromatic nitrogens is 2. The number of alkyl halides is 2. The zero-order valence-corrected chi connectivity index (χ0v) is 6.97. The summed E-state index contributed by atoms with van der Waals surface area (Å²) in [5.74, 6) is -0.291. The second-order valence-electron chi connectivity index (χ2n) is 2.45. The lowest BCUT2D eigenvalue weighted by molar-refractivity contribution is 0.121. The van der Waals surface area contributed by atoms with Crippen LogP contribution in [-0.4, -0.2) is 33.6 Å². The van der Waals surface area contributed by atoms with E-state index in [2.05, 4.69) is 9.75 Å². The SMILES string of the molecule is Nc1cn(CC(F)F)nc1OB(O)O. The zero-order valence-electron chi connectivity index (χ0n) is 6.97. The molecule has 0 spiro atoms. The van der Waals surface area contributed by atoms with E-state index in [1.54, 1.807) is 0 Å². The van der Waals surface area contributed by atoms with Crippen molar-refractivity contribution in [2.24, 2.45) is 0 Å². The smallest absolute Gasteiger partial charge is 0.495 e. The quantitative estimate of drug-likeness (QED) is 0.555. The van der Waals surface area contributed by atoms with E-state index in [0.717, 1.165) is 10.9 Å². The first-order valence-electron chi connectivity index (χ1n) is 3.63. The Balaban J connectivity index is 2.72. The molecule has 0 amide bonds. The molecule has 0 fully saturated rings. The van der Waals surface area contributed by atoms with Crippen LogP contribution in [0.3, 0.4) is 0 Å². The molecule has 0 saturated heterocycles. The molecule has 0 aliphatic rings. The van der Waals surface area contributed by atoms with E-state index in [4.69, 9.17) is 15.8 Å². The molecule has 0 aliphatic carbocycles. The van der Waals surface area contributed by atoms with Crippen LogP contribution >= 0.6 is 0 Å². The van der Waals surface area contributed by atoms with E-state index >= 15 is 0 Å². The maximum atomic E-state index is 11.9. The number of halogens is 2. The number of hydrogen-bond donors (Lipinski definition) is 3. The molecular formula is C5H8BF2N3O3. The van der Waals surface area contributed by atoms with Gasteiger partial charge in [-0.05, 0) is 0 Å². The van der Waals surface area contributed by atoms with Gasteiger partial charge in [0.05, 0.1) is 6.20 Å². The van der Waals surface area contributed by atoms with Gasteiger partial charge < -0.3 is 20.4 Å². The number of nitrogen functional groups attached to an aromatic ring is 1. The molecular weight excluding hydrogens is 199 g/mol. The molecule has 0 aliphatic heterocycles. The van der Waals surface area contributed by atoms with Gasteiger partial charge in [-0.3, -0.25) is 4.68 Å². The van der Waals surface area contributed by atoms with Crippen LogP contribution in [0.4, 0.5) is 14.5 Å². The van der Waals surface area contributed by atoms with Crippen molar-refractivity contribution in [2.75, 3.05) is 5.73 Å². The number of rotatable bonds is 4. The Labute approximate surface area is 78.1 Å². The molecule has 0 unspecified atom stereocenters. The molecule has 78 valence electrons. The normalized spacial score (nSPS) is 10.6. The number of anilines is 1. The van der Waals surface area contributed by atoms with Crippen LogP contribution < -0.4 is 10.4 Å². The van der Waals surface area contributed by atoms with Gasteiger partial charge in [0.25, 0.3) is 6.43 Å². The number of hydrogen-bond acceptors (Lipinski definition) is 5. The van der Waals surface area contributed by atoms with E-state index in [1.165, 1.54) is 0 Å². The monoisotopic (exact) mass is 207 g/mol. The Morgan fingerprint density at radius 1 is 1.64 bits per heavy atom. The highest BCUT2D eigenvalue weighted by atomic mass is 19.3. The largest absolute Gasteiger partial charge is 0.708 e. The first-order valence-corrected chi connectivity index (χ1v) is 3.63. The molecule has 0 saturated carbocycles. The summed E-state index contributed by atoms with van der Waals surface area (Å²) >= 11 is 0. The average Bonchev–Trinajstić information content (AvgIpc) is 2.28. The predicted molar refractivity (Wildman–Crippen MR) is 43.5 cm³/mol. The van der Waals surface area contributed by atoms with E-state index in [1.807, 2.05) is 0 Å². The second kappa shape index (κ2) is 4.25. The van der Waals surface area contributed by atoms with Crippen molar-refractivity contribution in [1.82, 2.24) is 9.78 Å². The summed E-state index contributed by atoms with van der Waals surface area (Å²) in [6.07, 6.45) is -1.45. The van der Waals surface area contributed by atoms with E-state index in [-0.39, 0.29) is 11.6 Å². The molecule has 0 aromatic carbocycles. The Morgan fingerprint density at radius 2 is 2.29 bits per heavy atom. The molecule has 14 heavy (non-hydrogen) atoms. The van der Waals surface area contributed by atoms with Crippen molar-refractivity contribution in [1.29, 1.82) is 0 Å². The van der Waals surface area contributed by atoms with Crippen LogP contribution in [-0.2, 0) is 6.54 Å². The van der Waals surface area contributed by atoms with Crippen molar-refractivity contribution in [3.05, 3.63) is 6.20 Å². The van der Waals surface area contributed by atoms with Crippen LogP contribution in [0, 0.1) is 0 Å². The third kappa shape index (κ3) is 2.85. The van der Waals surface area contributed by atoms with Gasteiger partial charge >= 0.3 is 7.32 Å². The van der Waals surface area contributed by atoms with E-state index < -0.39 is 20.3 Å². The zero-order chi connectivity index (χ0) is 10.7. The third-order valence-electron chi connectivity index (χ3n) is 1.30. The Bertz CT molecular complexity index is 306. The number of nitrogens with zero attached hydrogens (tertiary/aromatic N) is 2. The first kappa shape index (κ1) is 10.7. The second-order valence-corrected chi connectivity index (χ2v) is 2.45. The Kier molecular flexibility index (Phi) is 3.25. The van der Waals surface area contributed by atoms with Gasteiger partial charge in [-0.2, -0.15) is 0 Å². The summed E-state index contributed by atoms with van der Waals surface area (Å²) in [5.41, 5.74) is 5.25. The van der Waals surface area contributed by atoms with Crippen molar-refractivity contribution < 1.29 is 23.5 Å². The minimum atomic E-state index is -2.57. The third-order valence-corrected chi connectivity index (χ3v) is 1.30. The first-order chi connectivity index (χ1) is 6.49. The topological polar surface area (TPSA) is 93.5 Å². The van der Waals surface area contributed by atoms with E-state index in [0.29, 0.717) is 0 Å². The van der Waals surface area contributed by atoms with Gasteiger partial charge in [0.1, 0.15) is 12.2 Å². The fourth-order valence-electron chi connectivity index (χ4n) is 0.845. The minimum Gasteiger partial charge on any atom is -0.495 e. The highest BCUT2D eigenvalue weighted by Gasteiger charge is 2.17. The summed E-state index contributed by atoms with van der Waals surface area (Å²) in [5, 5.41) is 20.3. The van der Waals surface area contributed by atoms with Gasteiger partial charge in [0.2, 0.25) is 5.88 Å². The van der Waals surface area contributed by atoms with Gasteiger partial charge in [0.15, 0.2) is 0 Å². The van der Waals surface area contributed by atoms with Crippen LogP contribution in [0.5, 0.6) is 5.88 Å². The lowest BCUT2D eigenvalue weighted by Crippen LogP contribution is -2.21. The summed E-state index contributed by atoms with van der Waals surface area (Å²) < 4.78 is 28.9. The van der Waals surface area contributed by atoms with Gasteiger partial charge in [-0.25, -0.2) is 8.78 Å². The lowest BCUT2D eigenvalue weighted by atomic mass is 10.3. The molecule has 4 N–H and O–H groups in total. The van der Waals surface area contributed by atoms with Crippen LogP contribution in [0.1, 0.15) is 0 Å². The highest BCUT2D eigenvalue weighted by molar-refractivity contribution is 6.33. The highest BCUT2D eigenvalue weighted by Crippen LogP contribution is 2.18. The van der Waals surface area contributed by atoms with Crippen molar-refractivity contribution in [3.8, 4) is 5.88 Å². The maximum absolute atomic E-state index is 11.9. The van der Waals surface area contributed by atoms with Crippen LogP contribution in [0.15, 0.2) is 6.20 Å². The van der Waals surface area contributed by atoms with Crippen molar-refractivity contribution in [2.45, 2.75) is 13.0 Å². The summed E-state index contributed by atoms with van der Waals surface area (Å²) in [4.78, 5) is 0. The molecule has 0 atom stereocenters. The fourth-order valence-corrected chi connectivity index (χ4v) is 0.845. The van der Waals surface area contributed by atoms with Gasteiger partial charge in [0, 0.05) is 0 Å². The predicted octanol–water partition coefficient (Wildman–Crippen LogP) is -0.921. The molecule has 0 bridgehead atoms. The fraction of sp³-hybridized carbons (Fsp3) is 0.400. The van der Waals surface area contributed by atoms with Gasteiger partial charge in [-0.15, -0.1) is 5.10 Å². The molecule has 1 rings (SSSR count). The van der Waals surface area contributed by atoms with Gasteiger partial charge in [-0.1, -0.05) is 0 Å². The average molecular weight is 207 g/mol. The molecule has 1 heterocycles. The maximum Gasteiger partial charge on any atom is 0.708 e. The Morgan fingerprint density at radius 3 is 2.79 bits per heavy atom. The van der Waals surface area contributed by atoms with Crippen LogP contribution in [0.25, 0.3) is 0 Å². The van der Waals surface area contributed by atoms with Crippen molar-refractivity contribution in [3.63, 3.8) is 0 Å². The van der Waals surface area contributed by atoms with Crippen molar-refractivity contribution >= 4 is 13.0 Å². The molecule has 9 heteroatoms. The molecule has 6 nitrogen and oxygen atoms in total. The summed E-state index contributed by atoms with van der Waals surface area (Å²) in [6, 6.07) is 0. The van der Waals surface area contributed by atoms with Crippen LogP contribution in [0.2, 0.25) is 0 Å². The lowest BCUT2D eigenvalue weighted by Gasteiger charge is -2.00. The molecule has 1 aromatic heterocycles. The standard InChI is InChI=1S/C5H8BF2N3O3/c7-4(8)2-11-1-3(9)5(10-11)14-6(12)13/h1,4,12-13H,2,9H2. The number of nitrogens with two attached hydrogens (primary N) is 1. The minimum absolute atomic E-state index is 0.0428. The molecule has 0 radical (unpaired) electrons. The summed E-state index contributed by atoms with van der Waals surface area (Å²) in [6.45, 7) is -0.630. The van der Waals surface area contributed by atoms with E-state index in [9.17, 15) is 8.78 Å².